The highest BCUT2D eigenvalue weighted by Crippen LogP contribution is 2.20. The summed E-state index contributed by atoms with van der Waals surface area (Å²) in [7, 11) is 1.38. The summed E-state index contributed by atoms with van der Waals surface area (Å²) in [5, 5.41) is 9.59. The van der Waals surface area contributed by atoms with Gasteiger partial charge in [0.2, 0.25) is 0 Å². The Hall–Kier alpha value is -1.61. The van der Waals surface area contributed by atoms with Crippen LogP contribution in [0, 0.1) is 0 Å². The molecule has 19 heavy (non-hydrogen) atoms. The SMILES string of the molecule is COC(=O)c1ccc(C(C)CC=CC(C)(C)O)cc1. The Morgan fingerprint density at radius 2 is 1.95 bits per heavy atom. The third kappa shape index (κ3) is 5.26. The summed E-state index contributed by atoms with van der Waals surface area (Å²) in [6.07, 6.45) is 4.63. The topological polar surface area (TPSA) is 46.5 Å². The van der Waals surface area contributed by atoms with Crippen molar-refractivity contribution >= 4 is 5.97 Å². The Morgan fingerprint density at radius 3 is 2.42 bits per heavy atom. The Kier molecular flexibility index (Phi) is 5.31. The summed E-state index contributed by atoms with van der Waals surface area (Å²) >= 11 is 0. The molecule has 1 atom stereocenters. The molecule has 1 aromatic rings. The molecule has 0 heterocycles. The summed E-state index contributed by atoms with van der Waals surface area (Å²) in [5.41, 5.74) is 0.951. The molecular weight excluding hydrogens is 240 g/mol. The average molecular weight is 262 g/mol. The lowest BCUT2D eigenvalue weighted by molar-refractivity contribution is 0.0600. The summed E-state index contributed by atoms with van der Waals surface area (Å²) in [4.78, 5) is 11.3. The van der Waals surface area contributed by atoms with Gasteiger partial charge in [-0.1, -0.05) is 31.2 Å². The normalized spacial score (nSPS) is 13.5. The van der Waals surface area contributed by atoms with Crippen molar-refractivity contribution in [3.63, 3.8) is 0 Å². The number of hydrogen-bond donors (Lipinski definition) is 1. The summed E-state index contributed by atoms with van der Waals surface area (Å²) < 4.78 is 4.66. The van der Waals surface area contributed by atoms with Crippen molar-refractivity contribution in [1.29, 1.82) is 0 Å². The number of allylic oxidation sites excluding steroid dienone is 1. The maximum absolute atomic E-state index is 11.3. The van der Waals surface area contributed by atoms with E-state index in [0.717, 1.165) is 12.0 Å². The van der Waals surface area contributed by atoms with Crippen LogP contribution in [0.5, 0.6) is 0 Å². The third-order valence-electron chi connectivity index (χ3n) is 2.92. The fraction of sp³-hybridized carbons (Fsp3) is 0.438. The quantitative estimate of drug-likeness (QED) is 0.654. The highest BCUT2D eigenvalue weighted by Gasteiger charge is 2.09. The first-order chi connectivity index (χ1) is 8.83. The lowest BCUT2D eigenvalue weighted by atomic mass is 9.95. The van der Waals surface area contributed by atoms with Crippen LogP contribution in [-0.4, -0.2) is 23.8 Å². The molecule has 0 aliphatic heterocycles. The minimum Gasteiger partial charge on any atom is -0.465 e. The minimum absolute atomic E-state index is 0.318. The zero-order valence-electron chi connectivity index (χ0n) is 12.0. The van der Waals surface area contributed by atoms with E-state index in [1.54, 1.807) is 32.1 Å². The van der Waals surface area contributed by atoms with Gasteiger partial charge in [-0.05, 0) is 43.9 Å². The van der Waals surface area contributed by atoms with Gasteiger partial charge in [-0.2, -0.15) is 0 Å². The molecular formula is C16H22O3. The van der Waals surface area contributed by atoms with Crippen LogP contribution in [0.1, 0.15) is 49.0 Å². The number of hydrogen-bond acceptors (Lipinski definition) is 3. The first-order valence-corrected chi connectivity index (χ1v) is 6.42. The van der Waals surface area contributed by atoms with E-state index in [2.05, 4.69) is 11.7 Å². The maximum atomic E-state index is 11.3. The molecule has 0 bridgehead atoms. The van der Waals surface area contributed by atoms with Gasteiger partial charge in [-0.25, -0.2) is 4.79 Å². The van der Waals surface area contributed by atoms with Crippen molar-refractivity contribution in [2.24, 2.45) is 0 Å². The molecule has 0 radical (unpaired) electrons. The van der Waals surface area contributed by atoms with Crippen molar-refractivity contribution in [2.45, 2.75) is 38.7 Å². The monoisotopic (exact) mass is 262 g/mol. The van der Waals surface area contributed by atoms with E-state index in [4.69, 9.17) is 0 Å². The fourth-order valence-corrected chi connectivity index (χ4v) is 1.76. The van der Waals surface area contributed by atoms with E-state index in [1.807, 2.05) is 18.2 Å². The van der Waals surface area contributed by atoms with Gasteiger partial charge in [0.05, 0.1) is 18.3 Å². The second-order valence-corrected chi connectivity index (χ2v) is 5.31. The highest BCUT2D eigenvalue weighted by atomic mass is 16.5. The van der Waals surface area contributed by atoms with Gasteiger partial charge < -0.3 is 9.84 Å². The molecule has 0 aliphatic carbocycles. The zero-order valence-corrected chi connectivity index (χ0v) is 12.0. The van der Waals surface area contributed by atoms with E-state index >= 15 is 0 Å². The van der Waals surface area contributed by atoms with Gasteiger partial charge in [-0.15, -0.1) is 0 Å². The molecule has 0 saturated carbocycles. The van der Waals surface area contributed by atoms with Crippen molar-refractivity contribution in [2.75, 3.05) is 7.11 Å². The first-order valence-electron chi connectivity index (χ1n) is 6.42. The molecule has 0 aliphatic rings. The molecule has 1 aromatic carbocycles. The van der Waals surface area contributed by atoms with E-state index in [0.29, 0.717) is 11.5 Å². The molecule has 0 spiro atoms. The molecule has 1 N–H and O–H groups in total. The van der Waals surface area contributed by atoms with E-state index < -0.39 is 5.60 Å². The zero-order chi connectivity index (χ0) is 14.5. The Morgan fingerprint density at radius 1 is 1.37 bits per heavy atom. The lowest BCUT2D eigenvalue weighted by Crippen LogP contribution is -2.13. The van der Waals surface area contributed by atoms with Crippen LogP contribution in [0.25, 0.3) is 0 Å². The van der Waals surface area contributed by atoms with Crippen molar-refractivity contribution < 1.29 is 14.6 Å². The van der Waals surface area contributed by atoms with Gasteiger partial charge in [0.25, 0.3) is 0 Å². The number of esters is 1. The number of aliphatic hydroxyl groups is 1. The standard InChI is InChI=1S/C16H22O3/c1-12(6-5-11-16(2,3)18)13-7-9-14(10-8-13)15(17)19-4/h5,7-12,18H,6H2,1-4H3. The number of carbonyl (C=O) groups is 1. The second-order valence-electron chi connectivity index (χ2n) is 5.31. The summed E-state index contributed by atoms with van der Waals surface area (Å²) in [6, 6.07) is 7.43. The predicted octanol–water partition coefficient (Wildman–Crippen LogP) is 3.29. The van der Waals surface area contributed by atoms with Crippen molar-refractivity contribution in [3.8, 4) is 0 Å². The number of rotatable bonds is 5. The van der Waals surface area contributed by atoms with E-state index in [-0.39, 0.29) is 5.97 Å². The van der Waals surface area contributed by atoms with Gasteiger partial charge in [0.15, 0.2) is 0 Å². The molecule has 104 valence electrons. The van der Waals surface area contributed by atoms with Crippen LogP contribution in [0.2, 0.25) is 0 Å². The Balaban J connectivity index is 2.65. The van der Waals surface area contributed by atoms with Crippen LogP contribution >= 0.6 is 0 Å². The van der Waals surface area contributed by atoms with Crippen molar-refractivity contribution in [3.05, 3.63) is 47.5 Å². The number of carbonyl (C=O) groups excluding carboxylic acids is 1. The van der Waals surface area contributed by atoms with Crippen LogP contribution in [0.15, 0.2) is 36.4 Å². The third-order valence-corrected chi connectivity index (χ3v) is 2.92. The Labute approximate surface area is 114 Å². The minimum atomic E-state index is -0.769. The molecule has 0 fully saturated rings. The lowest BCUT2D eigenvalue weighted by Gasteiger charge is -2.13. The van der Waals surface area contributed by atoms with Gasteiger partial charge in [-0.3, -0.25) is 0 Å². The van der Waals surface area contributed by atoms with Crippen LogP contribution in [-0.2, 0) is 4.74 Å². The fourth-order valence-electron chi connectivity index (χ4n) is 1.76. The number of methoxy groups -OCH3 is 1. The highest BCUT2D eigenvalue weighted by molar-refractivity contribution is 5.89. The van der Waals surface area contributed by atoms with E-state index in [9.17, 15) is 9.90 Å². The van der Waals surface area contributed by atoms with Crippen LogP contribution < -0.4 is 0 Å². The van der Waals surface area contributed by atoms with Gasteiger partial charge in [0, 0.05) is 0 Å². The predicted molar refractivity (Wildman–Crippen MR) is 76.3 cm³/mol. The first kappa shape index (κ1) is 15.4. The van der Waals surface area contributed by atoms with Crippen molar-refractivity contribution in [1.82, 2.24) is 0 Å². The molecule has 0 aromatic heterocycles. The van der Waals surface area contributed by atoms with Crippen LogP contribution in [0.3, 0.4) is 0 Å². The molecule has 1 unspecified atom stereocenters. The second kappa shape index (κ2) is 6.53. The molecule has 3 heteroatoms. The van der Waals surface area contributed by atoms with Crippen LogP contribution in [0.4, 0.5) is 0 Å². The number of benzene rings is 1. The average Bonchev–Trinajstić information content (AvgIpc) is 2.36. The molecule has 3 nitrogen and oxygen atoms in total. The summed E-state index contributed by atoms with van der Waals surface area (Å²) in [5.74, 6) is 0.0198. The molecule has 0 saturated heterocycles. The van der Waals surface area contributed by atoms with E-state index in [1.165, 1.54) is 7.11 Å². The smallest absolute Gasteiger partial charge is 0.337 e. The molecule has 1 rings (SSSR count). The number of ether oxygens (including phenoxy) is 1. The van der Waals surface area contributed by atoms with Gasteiger partial charge >= 0.3 is 5.97 Å². The molecule has 0 amide bonds. The summed E-state index contributed by atoms with van der Waals surface area (Å²) in [6.45, 7) is 5.61. The maximum Gasteiger partial charge on any atom is 0.337 e. The Bertz CT molecular complexity index is 438. The van der Waals surface area contributed by atoms with Gasteiger partial charge in [0.1, 0.15) is 0 Å². The largest absolute Gasteiger partial charge is 0.465 e.